The van der Waals surface area contributed by atoms with Gasteiger partial charge in [-0.15, -0.1) is 0 Å². The number of carboxylic acid groups (broad SMARTS) is 2. The van der Waals surface area contributed by atoms with Crippen LogP contribution in [0.15, 0.2) is 0 Å². The first-order chi connectivity index (χ1) is 14.3. The predicted molar refractivity (Wildman–Crippen MR) is 113 cm³/mol. The van der Waals surface area contributed by atoms with Gasteiger partial charge in [-0.3, -0.25) is 19.2 Å². The van der Waals surface area contributed by atoms with Gasteiger partial charge in [-0.1, -0.05) is 20.3 Å². The Morgan fingerprint density at radius 1 is 0.935 bits per heavy atom. The van der Waals surface area contributed by atoms with Gasteiger partial charge in [0.15, 0.2) is 6.04 Å². The third-order valence-corrected chi connectivity index (χ3v) is 5.05. The highest BCUT2D eigenvalue weighted by atomic mass is 32.1. The molecule has 6 unspecified atom stereocenters. The van der Waals surface area contributed by atoms with Crippen molar-refractivity contribution in [1.29, 1.82) is 0 Å². The van der Waals surface area contributed by atoms with Crippen LogP contribution in [-0.4, -0.2) is 81.0 Å². The molecule has 13 heteroatoms. The smallest absolute Gasteiger partial charge is 0.328 e. The molecule has 6 atom stereocenters. The molecule has 0 aromatic carbocycles. The second kappa shape index (κ2) is 13.8. The van der Waals surface area contributed by atoms with Gasteiger partial charge >= 0.3 is 11.9 Å². The van der Waals surface area contributed by atoms with E-state index in [1.165, 1.54) is 6.92 Å². The van der Waals surface area contributed by atoms with Crippen LogP contribution < -0.4 is 21.7 Å². The van der Waals surface area contributed by atoms with Crippen molar-refractivity contribution >= 4 is 42.3 Å². The summed E-state index contributed by atoms with van der Waals surface area (Å²) in [7, 11) is 0. The lowest BCUT2D eigenvalue weighted by Crippen LogP contribution is -2.59. The first-order valence-corrected chi connectivity index (χ1v) is 10.4. The van der Waals surface area contributed by atoms with E-state index in [2.05, 4.69) is 28.6 Å². The first kappa shape index (κ1) is 28.6. The zero-order chi connectivity index (χ0) is 24.3. The molecule has 3 amide bonds. The molecule has 0 saturated carbocycles. The number of rotatable bonds is 14. The maximum absolute atomic E-state index is 12.8. The number of hydrogen-bond donors (Lipinski definition) is 8. The van der Waals surface area contributed by atoms with Crippen LogP contribution in [0.1, 0.15) is 40.0 Å². The minimum atomic E-state index is -1.59. The highest BCUT2D eigenvalue weighted by molar-refractivity contribution is 7.80. The molecule has 0 aromatic rings. The molecular weight excluding hydrogens is 432 g/mol. The lowest BCUT2D eigenvalue weighted by Gasteiger charge is -2.28. The number of aliphatic carboxylic acids is 2. The van der Waals surface area contributed by atoms with Crippen molar-refractivity contribution in [1.82, 2.24) is 16.0 Å². The van der Waals surface area contributed by atoms with Gasteiger partial charge in [0.25, 0.3) is 0 Å². The van der Waals surface area contributed by atoms with E-state index >= 15 is 0 Å². The molecule has 31 heavy (non-hydrogen) atoms. The summed E-state index contributed by atoms with van der Waals surface area (Å²) in [6.45, 7) is 4.58. The third-order valence-electron chi connectivity index (χ3n) is 4.65. The van der Waals surface area contributed by atoms with Crippen LogP contribution in [-0.2, 0) is 24.0 Å². The predicted octanol–water partition coefficient (Wildman–Crippen LogP) is -1.93. The maximum Gasteiger partial charge on any atom is 0.328 e. The molecule has 12 nitrogen and oxygen atoms in total. The summed E-state index contributed by atoms with van der Waals surface area (Å²) in [4.78, 5) is 59.6. The molecule has 0 aliphatic heterocycles. The summed E-state index contributed by atoms with van der Waals surface area (Å²) in [6, 6.07) is -5.10. The highest BCUT2D eigenvalue weighted by Gasteiger charge is 2.34. The van der Waals surface area contributed by atoms with E-state index < -0.39 is 72.3 Å². The molecule has 0 saturated heterocycles. The van der Waals surface area contributed by atoms with E-state index in [9.17, 15) is 29.1 Å². The molecule has 0 rings (SSSR count). The number of nitrogens with one attached hydrogen (secondary N) is 3. The number of aliphatic hydroxyl groups is 1. The molecule has 0 aliphatic carbocycles. The van der Waals surface area contributed by atoms with Crippen LogP contribution >= 0.6 is 12.6 Å². The van der Waals surface area contributed by atoms with Crippen molar-refractivity contribution in [2.45, 2.75) is 70.3 Å². The first-order valence-electron chi connectivity index (χ1n) is 9.75. The fourth-order valence-electron chi connectivity index (χ4n) is 2.49. The number of carbonyl (C=O) groups is 5. The van der Waals surface area contributed by atoms with Gasteiger partial charge in [0.05, 0.1) is 12.1 Å². The monoisotopic (exact) mass is 464 g/mol. The molecule has 0 fully saturated rings. The van der Waals surface area contributed by atoms with Crippen molar-refractivity contribution < 1.29 is 39.3 Å². The van der Waals surface area contributed by atoms with Gasteiger partial charge in [-0.2, -0.15) is 12.6 Å². The molecule has 0 spiro atoms. The summed E-state index contributed by atoms with van der Waals surface area (Å²) < 4.78 is 0. The second-order valence-corrected chi connectivity index (χ2v) is 7.58. The summed E-state index contributed by atoms with van der Waals surface area (Å²) >= 11 is 3.90. The van der Waals surface area contributed by atoms with Crippen LogP contribution in [0.4, 0.5) is 0 Å². The fraction of sp³-hybridized carbons (Fsp3) is 0.722. The second-order valence-electron chi connectivity index (χ2n) is 7.22. The zero-order valence-electron chi connectivity index (χ0n) is 17.7. The van der Waals surface area contributed by atoms with E-state index in [4.69, 9.17) is 15.9 Å². The molecule has 0 heterocycles. The largest absolute Gasteiger partial charge is 0.481 e. The lowest BCUT2D eigenvalue weighted by molar-refractivity contribution is -0.145. The number of amides is 3. The van der Waals surface area contributed by atoms with Crippen LogP contribution in [0.2, 0.25) is 0 Å². The third kappa shape index (κ3) is 9.98. The Balaban J connectivity index is 5.56. The molecule has 8 N–H and O–H groups in total. The number of carboxylic acids is 2. The SMILES string of the molecule is CCC(C)C(NC(=O)C(CCC(=O)O)NC(=O)C(N)CS)C(=O)NC(C(=O)O)C(C)O. The van der Waals surface area contributed by atoms with Crippen LogP contribution in [0.5, 0.6) is 0 Å². The summed E-state index contributed by atoms with van der Waals surface area (Å²) in [5, 5.41) is 34.6. The van der Waals surface area contributed by atoms with E-state index in [-0.39, 0.29) is 12.2 Å². The summed E-state index contributed by atoms with van der Waals surface area (Å²) in [5.74, 6) is -5.48. The Hall–Kier alpha value is -2.38. The topological polar surface area (TPSA) is 208 Å². The molecule has 0 bridgehead atoms. The molecule has 0 aliphatic rings. The van der Waals surface area contributed by atoms with Crippen molar-refractivity contribution in [3.63, 3.8) is 0 Å². The number of hydrogen-bond acceptors (Lipinski definition) is 8. The van der Waals surface area contributed by atoms with Gasteiger partial charge < -0.3 is 37.0 Å². The van der Waals surface area contributed by atoms with E-state index in [1.54, 1.807) is 13.8 Å². The van der Waals surface area contributed by atoms with E-state index in [0.29, 0.717) is 6.42 Å². The Kier molecular flexibility index (Phi) is 12.8. The van der Waals surface area contributed by atoms with Crippen molar-refractivity contribution in [2.75, 3.05) is 5.75 Å². The Morgan fingerprint density at radius 3 is 1.90 bits per heavy atom. The standard InChI is InChI=1S/C18H32N4O8S/c1-4-8(2)13(17(28)22-14(9(3)23)18(29)30)21-16(27)11(5-6-12(24)25)20-15(26)10(19)7-31/h8-11,13-14,23,31H,4-7,19H2,1-3H3,(H,20,26)(H,21,27)(H,22,28)(H,24,25)(H,29,30). The van der Waals surface area contributed by atoms with Crippen LogP contribution in [0.25, 0.3) is 0 Å². The minimum Gasteiger partial charge on any atom is -0.481 e. The summed E-state index contributed by atoms with van der Waals surface area (Å²) in [6.07, 6.45) is -1.65. The Morgan fingerprint density at radius 2 is 1.48 bits per heavy atom. The van der Waals surface area contributed by atoms with E-state index in [1.807, 2.05) is 0 Å². The van der Waals surface area contributed by atoms with Crippen molar-refractivity contribution in [3.05, 3.63) is 0 Å². The Bertz CT molecular complexity index is 660. The van der Waals surface area contributed by atoms with Gasteiger partial charge in [-0.25, -0.2) is 4.79 Å². The maximum atomic E-state index is 12.8. The van der Waals surface area contributed by atoms with Crippen molar-refractivity contribution in [2.24, 2.45) is 11.7 Å². The quantitative estimate of drug-likeness (QED) is 0.134. The highest BCUT2D eigenvalue weighted by Crippen LogP contribution is 2.10. The van der Waals surface area contributed by atoms with Gasteiger partial charge in [0.2, 0.25) is 17.7 Å². The molecule has 178 valence electrons. The Labute approximate surface area is 185 Å². The number of thiol groups is 1. The average Bonchev–Trinajstić information content (AvgIpc) is 2.70. The molecule has 0 radical (unpaired) electrons. The van der Waals surface area contributed by atoms with Gasteiger partial charge in [-0.05, 0) is 19.3 Å². The number of carbonyl (C=O) groups excluding carboxylic acids is 3. The van der Waals surface area contributed by atoms with Crippen LogP contribution in [0.3, 0.4) is 0 Å². The molecule has 0 aromatic heterocycles. The average molecular weight is 465 g/mol. The normalized spacial score (nSPS) is 16.7. The molecular formula is C18H32N4O8S. The van der Waals surface area contributed by atoms with Crippen LogP contribution in [0, 0.1) is 5.92 Å². The zero-order valence-corrected chi connectivity index (χ0v) is 18.6. The van der Waals surface area contributed by atoms with Crippen molar-refractivity contribution in [3.8, 4) is 0 Å². The fourth-order valence-corrected chi connectivity index (χ4v) is 2.65. The summed E-state index contributed by atoms with van der Waals surface area (Å²) in [5.41, 5.74) is 5.57. The minimum absolute atomic E-state index is 0.00702. The number of nitrogens with two attached hydrogens (primary N) is 1. The lowest BCUT2D eigenvalue weighted by atomic mass is 9.97. The van der Waals surface area contributed by atoms with Gasteiger partial charge in [0, 0.05) is 12.2 Å². The van der Waals surface area contributed by atoms with Gasteiger partial charge in [0.1, 0.15) is 12.1 Å². The number of aliphatic hydroxyl groups excluding tert-OH is 1. The van der Waals surface area contributed by atoms with E-state index in [0.717, 1.165) is 0 Å².